The average molecular weight is 242 g/mol. The van der Waals surface area contributed by atoms with Gasteiger partial charge in [-0.15, -0.1) is 0 Å². The Hall–Kier alpha value is -0.120. The number of piperazine rings is 1. The lowest BCUT2D eigenvalue weighted by molar-refractivity contribution is 0.0175. The lowest BCUT2D eigenvalue weighted by atomic mass is 9.93. The maximum Gasteiger partial charge on any atom is 0.0477 e. The van der Waals surface area contributed by atoms with E-state index in [0.29, 0.717) is 12.1 Å². The van der Waals surface area contributed by atoms with Gasteiger partial charge >= 0.3 is 0 Å². The molecule has 0 saturated carbocycles. The molecular weight excluding hydrogens is 212 g/mol. The summed E-state index contributed by atoms with van der Waals surface area (Å²) < 4.78 is 5.20. The van der Waals surface area contributed by atoms with E-state index in [1.165, 1.54) is 19.4 Å². The molecule has 1 saturated heterocycles. The summed E-state index contributed by atoms with van der Waals surface area (Å²) in [6.45, 7) is 12.4. The molecule has 0 aromatic heterocycles. The molecule has 1 aliphatic heterocycles. The number of rotatable bonds is 6. The lowest BCUT2D eigenvalue weighted by Crippen LogP contribution is -2.64. The van der Waals surface area contributed by atoms with Gasteiger partial charge in [0.2, 0.25) is 0 Å². The van der Waals surface area contributed by atoms with Crippen LogP contribution in [0, 0.1) is 0 Å². The van der Waals surface area contributed by atoms with Crippen molar-refractivity contribution < 1.29 is 4.74 Å². The molecule has 102 valence electrons. The smallest absolute Gasteiger partial charge is 0.0477 e. The van der Waals surface area contributed by atoms with Crippen molar-refractivity contribution in [1.29, 1.82) is 0 Å². The molecule has 2 unspecified atom stereocenters. The number of hydrogen-bond donors (Lipinski definition) is 1. The van der Waals surface area contributed by atoms with Gasteiger partial charge in [-0.2, -0.15) is 0 Å². The molecule has 0 radical (unpaired) electrons. The van der Waals surface area contributed by atoms with Gasteiger partial charge in [-0.05, 0) is 33.6 Å². The van der Waals surface area contributed by atoms with Gasteiger partial charge in [0, 0.05) is 44.4 Å². The highest BCUT2D eigenvalue weighted by molar-refractivity contribution is 4.94. The third-order valence-electron chi connectivity index (χ3n) is 3.93. The van der Waals surface area contributed by atoms with Crippen LogP contribution in [0.15, 0.2) is 0 Å². The molecule has 0 aromatic carbocycles. The van der Waals surface area contributed by atoms with E-state index < -0.39 is 0 Å². The quantitative estimate of drug-likeness (QED) is 0.773. The van der Waals surface area contributed by atoms with Gasteiger partial charge in [0.25, 0.3) is 0 Å². The predicted molar refractivity (Wildman–Crippen MR) is 73.4 cm³/mol. The van der Waals surface area contributed by atoms with Gasteiger partial charge in [-0.1, -0.05) is 13.3 Å². The Bertz CT molecular complexity index is 218. The molecule has 0 aromatic rings. The van der Waals surface area contributed by atoms with Gasteiger partial charge in [0.1, 0.15) is 0 Å². The third-order valence-corrected chi connectivity index (χ3v) is 3.93. The number of methoxy groups -OCH3 is 1. The van der Waals surface area contributed by atoms with Crippen LogP contribution in [0.25, 0.3) is 0 Å². The first kappa shape index (κ1) is 14.9. The summed E-state index contributed by atoms with van der Waals surface area (Å²) in [6.07, 6.45) is 3.67. The number of nitrogens with one attached hydrogen (secondary N) is 1. The topological polar surface area (TPSA) is 24.5 Å². The second-order valence-corrected chi connectivity index (χ2v) is 5.96. The number of ether oxygens (including phenoxy) is 1. The van der Waals surface area contributed by atoms with E-state index in [2.05, 4.69) is 37.9 Å². The minimum atomic E-state index is 0.261. The van der Waals surface area contributed by atoms with Crippen molar-refractivity contribution in [3.05, 3.63) is 0 Å². The highest BCUT2D eigenvalue weighted by Crippen LogP contribution is 2.24. The first-order valence-corrected chi connectivity index (χ1v) is 7.00. The SMILES string of the molecule is CCCC1CN(C(C)CCOC)C(C)(C)CN1. The fourth-order valence-electron chi connectivity index (χ4n) is 2.81. The summed E-state index contributed by atoms with van der Waals surface area (Å²) >= 11 is 0. The predicted octanol–water partition coefficient (Wildman–Crippen LogP) is 2.26. The summed E-state index contributed by atoms with van der Waals surface area (Å²) in [5.74, 6) is 0. The van der Waals surface area contributed by atoms with E-state index in [9.17, 15) is 0 Å². The van der Waals surface area contributed by atoms with Crippen molar-refractivity contribution in [3.63, 3.8) is 0 Å². The van der Waals surface area contributed by atoms with Crippen molar-refractivity contribution in [2.45, 2.75) is 64.6 Å². The number of hydrogen-bond acceptors (Lipinski definition) is 3. The largest absolute Gasteiger partial charge is 0.385 e. The Balaban J connectivity index is 2.56. The minimum Gasteiger partial charge on any atom is -0.385 e. The first-order valence-electron chi connectivity index (χ1n) is 7.00. The fraction of sp³-hybridized carbons (Fsp3) is 1.00. The molecule has 0 spiro atoms. The van der Waals surface area contributed by atoms with Crippen molar-refractivity contribution in [2.75, 3.05) is 26.8 Å². The zero-order chi connectivity index (χ0) is 12.9. The van der Waals surface area contributed by atoms with Gasteiger partial charge in [0.05, 0.1) is 0 Å². The summed E-state index contributed by atoms with van der Waals surface area (Å²) in [4.78, 5) is 2.66. The normalized spacial score (nSPS) is 27.0. The van der Waals surface area contributed by atoms with Crippen LogP contribution in [0.1, 0.15) is 47.0 Å². The zero-order valence-corrected chi connectivity index (χ0v) is 12.3. The third kappa shape index (κ3) is 4.23. The van der Waals surface area contributed by atoms with Gasteiger partial charge < -0.3 is 10.1 Å². The van der Waals surface area contributed by atoms with Crippen LogP contribution < -0.4 is 5.32 Å². The Kier molecular flexibility index (Phi) is 5.90. The van der Waals surface area contributed by atoms with Crippen LogP contribution in [0.5, 0.6) is 0 Å². The summed E-state index contributed by atoms with van der Waals surface area (Å²) in [5.41, 5.74) is 0.261. The molecule has 0 bridgehead atoms. The van der Waals surface area contributed by atoms with E-state index >= 15 is 0 Å². The summed E-state index contributed by atoms with van der Waals surface area (Å²) in [7, 11) is 1.79. The second-order valence-electron chi connectivity index (χ2n) is 5.96. The Labute approximate surface area is 107 Å². The van der Waals surface area contributed by atoms with Gasteiger partial charge in [-0.3, -0.25) is 4.90 Å². The van der Waals surface area contributed by atoms with Crippen LogP contribution in [-0.2, 0) is 4.74 Å². The van der Waals surface area contributed by atoms with Crippen LogP contribution in [0.2, 0.25) is 0 Å². The highest BCUT2D eigenvalue weighted by atomic mass is 16.5. The molecule has 1 rings (SSSR count). The molecule has 0 amide bonds. The Morgan fingerprint density at radius 2 is 2.18 bits per heavy atom. The maximum atomic E-state index is 5.20. The maximum absolute atomic E-state index is 5.20. The van der Waals surface area contributed by atoms with Crippen LogP contribution in [0.3, 0.4) is 0 Å². The fourth-order valence-corrected chi connectivity index (χ4v) is 2.81. The Morgan fingerprint density at radius 1 is 1.47 bits per heavy atom. The van der Waals surface area contributed by atoms with Crippen molar-refractivity contribution in [1.82, 2.24) is 10.2 Å². The summed E-state index contributed by atoms with van der Waals surface area (Å²) in [5, 5.41) is 3.68. The van der Waals surface area contributed by atoms with E-state index in [-0.39, 0.29) is 5.54 Å². The summed E-state index contributed by atoms with van der Waals surface area (Å²) in [6, 6.07) is 1.27. The molecular formula is C14H30N2O. The molecule has 17 heavy (non-hydrogen) atoms. The second kappa shape index (κ2) is 6.72. The molecule has 3 heteroatoms. The van der Waals surface area contributed by atoms with Gasteiger partial charge in [-0.25, -0.2) is 0 Å². The van der Waals surface area contributed by atoms with Crippen LogP contribution in [-0.4, -0.2) is 49.3 Å². The highest BCUT2D eigenvalue weighted by Gasteiger charge is 2.35. The first-order chi connectivity index (χ1) is 8.01. The Morgan fingerprint density at radius 3 is 2.76 bits per heavy atom. The molecule has 1 heterocycles. The van der Waals surface area contributed by atoms with Crippen molar-refractivity contribution in [2.24, 2.45) is 0 Å². The van der Waals surface area contributed by atoms with E-state index in [4.69, 9.17) is 4.74 Å². The molecule has 1 aliphatic rings. The lowest BCUT2D eigenvalue weighted by Gasteiger charge is -2.49. The van der Waals surface area contributed by atoms with Crippen LogP contribution >= 0.6 is 0 Å². The van der Waals surface area contributed by atoms with Crippen molar-refractivity contribution in [3.8, 4) is 0 Å². The molecule has 1 N–H and O–H groups in total. The van der Waals surface area contributed by atoms with E-state index in [1.54, 1.807) is 7.11 Å². The molecule has 1 fully saturated rings. The van der Waals surface area contributed by atoms with E-state index in [1.807, 2.05) is 0 Å². The van der Waals surface area contributed by atoms with Crippen molar-refractivity contribution >= 4 is 0 Å². The average Bonchev–Trinajstić information content (AvgIpc) is 2.28. The van der Waals surface area contributed by atoms with E-state index in [0.717, 1.165) is 19.6 Å². The van der Waals surface area contributed by atoms with Gasteiger partial charge in [0.15, 0.2) is 0 Å². The molecule has 0 aliphatic carbocycles. The molecule has 3 nitrogen and oxygen atoms in total. The number of nitrogens with zero attached hydrogens (tertiary/aromatic N) is 1. The van der Waals surface area contributed by atoms with Crippen LogP contribution in [0.4, 0.5) is 0 Å². The molecule has 2 atom stereocenters. The standard InChI is InChI=1S/C14H30N2O/c1-6-7-13-10-16(12(2)8-9-17-5)14(3,4)11-15-13/h12-13,15H,6-11H2,1-5H3. The zero-order valence-electron chi connectivity index (χ0n) is 12.3. The minimum absolute atomic E-state index is 0.261. The monoisotopic (exact) mass is 242 g/mol.